The third kappa shape index (κ3) is 5.82. The number of benzene rings is 3. The zero-order valence-corrected chi connectivity index (χ0v) is 21.0. The summed E-state index contributed by atoms with van der Waals surface area (Å²) in [7, 11) is 0. The van der Waals surface area contributed by atoms with Gasteiger partial charge in [0.15, 0.2) is 0 Å². The molecule has 3 amide bonds. The molecule has 1 aliphatic rings. The van der Waals surface area contributed by atoms with Gasteiger partial charge in [-0.15, -0.1) is 0 Å². The fourth-order valence-corrected chi connectivity index (χ4v) is 4.48. The second kappa shape index (κ2) is 11.2. The highest BCUT2D eigenvalue weighted by atomic mass is 127. The Balaban J connectivity index is 1.36. The summed E-state index contributed by atoms with van der Waals surface area (Å²) in [5.41, 5.74) is 9.33. The topological polar surface area (TPSA) is 134 Å². The van der Waals surface area contributed by atoms with E-state index in [1.54, 1.807) is 12.1 Å². The van der Waals surface area contributed by atoms with Crippen LogP contribution < -0.4 is 16.2 Å². The number of amides is 3. The lowest BCUT2D eigenvalue weighted by atomic mass is 9.98. The van der Waals surface area contributed by atoms with E-state index < -0.39 is 29.9 Å². The number of hydrogen-bond acceptors (Lipinski definition) is 5. The molecular formula is C26H22IN3O6. The van der Waals surface area contributed by atoms with Crippen LogP contribution in [0, 0.1) is 3.57 Å². The average molecular weight is 599 g/mol. The summed E-state index contributed by atoms with van der Waals surface area (Å²) in [6, 6.07) is 21.7. The lowest BCUT2D eigenvalue weighted by Crippen LogP contribution is -2.54. The van der Waals surface area contributed by atoms with Gasteiger partial charge in [0.25, 0.3) is 5.91 Å². The van der Waals surface area contributed by atoms with Gasteiger partial charge in [0, 0.05) is 15.9 Å². The number of fused-ring (bicyclic) bond motifs is 3. The molecule has 1 aliphatic carbocycles. The number of nitrogens with one attached hydrogen (secondary N) is 3. The predicted octanol–water partition coefficient (Wildman–Crippen LogP) is 2.97. The second-order valence-corrected chi connectivity index (χ2v) is 9.35. The van der Waals surface area contributed by atoms with E-state index in [1.165, 1.54) is 0 Å². The SMILES string of the molecule is O=C(NNC(=O)C(Cc1ccc(I)cc1)NC(=O)C(=O)O)OCC1c2ccccc2-c2ccccc21. The number of aliphatic carboxylic acids is 1. The minimum Gasteiger partial charge on any atom is -0.474 e. The average Bonchev–Trinajstić information content (AvgIpc) is 3.20. The number of carbonyl (C=O) groups excluding carboxylic acids is 3. The van der Waals surface area contributed by atoms with Gasteiger partial charge < -0.3 is 15.2 Å². The van der Waals surface area contributed by atoms with Crippen LogP contribution >= 0.6 is 22.6 Å². The quantitative estimate of drug-likeness (QED) is 0.196. The molecule has 0 aliphatic heterocycles. The maximum Gasteiger partial charge on any atom is 0.426 e. The summed E-state index contributed by atoms with van der Waals surface area (Å²) >= 11 is 2.13. The van der Waals surface area contributed by atoms with E-state index in [-0.39, 0.29) is 18.9 Å². The van der Waals surface area contributed by atoms with Crippen molar-refractivity contribution in [2.24, 2.45) is 0 Å². The van der Waals surface area contributed by atoms with Gasteiger partial charge in [0.05, 0.1) is 0 Å². The van der Waals surface area contributed by atoms with Gasteiger partial charge in [-0.05, 0) is 62.5 Å². The molecule has 0 radical (unpaired) electrons. The minimum absolute atomic E-state index is 0.0220. The van der Waals surface area contributed by atoms with Crippen LogP contribution in [0.15, 0.2) is 72.8 Å². The monoisotopic (exact) mass is 599 g/mol. The highest BCUT2D eigenvalue weighted by molar-refractivity contribution is 14.1. The van der Waals surface area contributed by atoms with Crippen LogP contribution in [0.3, 0.4) is 0 Å². The molecule has 0 bridgehead atoms. The number of halogens is 1. The maximum atomic E-state index is 12.7. The molecule has 0 saturated heterocycles. The fourth-order valence-electron chi connectivity index (χ4n) is 4.12. The van der Waals surface area contributed by atoms with Gasteiger partial charge in [-0.2, -0.15) is 0 Å². The van der Waals surface area contributed by atoms with Crippen LogP contribution in [0.5, 0.6) is 0 Å². The summed E-state index contributed by atoms with van der Waals surface area (Å²) in [5, 5.41) is 11.1. The van der Waals surface area contributed by atoms with Gasteiger partial charge in [-0.1, -0.05) is 60.7 Å². The first-order valence-corrected chi connectivity index (χ1v) is 12.1. The Morgan fingerprint density at radius 2 is 1.44 bits per heavy atom. The molecule has 4 rings (SSSR count). The summed E-state index contributed by atoms with van der Waals surface area (Å²) in [6.45, 7) is 0.0531. The van der Waals surface area contributed by atoms with Crippen molar-refractivity contribution in [3.8, 4) is 11.1 Å². The number of hydrazine groups is 1. The number of carboxylic acid groups (broad SMARTS) is 1. The standard InChI is InChI=1S/C26H22IN3O6/c27-16-11-9-15(10-12-16)13-22(28-24(32)25(33)34)23(31)29-30-26(35)36-14-21-19-7-3-1-5-17(19)18-6-2-4-8-20(18)21/h1-12,21-22H,13-14H2,(H,28,32)(H,29,31)(H,30,35)(H,33,34). The van der Waals surface area contributed by atoms with E-state index in [0.717, 1.165) is 25.8 Å². The zero-order valence-electron chi connectivity index (χ0n) is 18.9. The third-order valence-electron chi connectivity index (χ3n) is 5.80. The predicted molar refractivity (Wildman–Crippen MR) is 139 cm³/mol. The van der Waals surface area contributed by atoms with Crippen LogP contribution in [0.4, 0.5) is 4.79 Å². The van der Waals surface area contributed by atoms with E-state index in [1.807, 2.05) is 60.7 Å². The van der Waals surface area contributed by atoms with Crippen molar-refractivity contribution < 1.29 is 29.0 Å². The molecule has 0 saturated carbocycles. The molecule has 4 N–H and O–H groups in total. The summed E-state index contributed by atoms with van der Waals surface area (Å²) in [5.74, 6) is -4.00. The van der Waals surface area contributed by atoms with Crippen molar-refractivity contribution in [3.63, 3.8) is 0 Å². The van der Waals surface area contributed by atoms with Crippen molar-refractivity contribution in [1.82, 2.24) is 16.2 Å². The van der Waals surface area contributed by atoms with Crippen molar-refractivity contribution in [2.45, 2.75) is 18.4 Å². The molecule has 10 heteroatoms. The van der Waals surface area contributed by atoms with Crippen LogP contribution in [0.25, 0.3) is 11.1 Å². The van der Waals surface area contributed by atoms with Crippen molar-refractivity contribution >= 4 is 46.5 Å². The van der Waals surface area contributed by atoms with E-state index in [4.69, 9.17) is 9.84 Å². The largest absolute Gasteiger partial charge is 0.474 e. The van der Waals surface area contributed by atoms with E-state index in [0.29, 0.717) is 5.56 Å². The molecule has 0 aromatic heterocycles. The number of ether oxygens (including phenoxy) is 1. The third-order valence-corrected chi connectivity index (χ3v) is 6.52. The van der Waals surface area contributed by atoms with Gasteiger partial charge in [-0.25, -0.2) is 15.0 Å². The lowest BCUT2D eigenvalue weighted by Gasteiger charge is -2.18. The van der Waals surface area contributed by atoms with Crippen LogP contribution in [-0.4, -0.2) is 41.6 Å². The number of hydrogen-bond donors (Lipinski definition) is 4. The molecule has 36 heavy (non-hydrogen) atoms. The Kier molecular flexibility index (Phi) is 7.84. The normalized spacial score (nSPS) is 12.6. The molecule has 0 spiro atoms. The van der Waals surface area contributed by atoms with Crippen molar-refractivity contribution in [1.29, 1.82) is 0 Å². The summed E-state index contributed by atoms with van der Waals surface area (Å²) < 4.78 is 6.35. The first-order valence-electron chi connectivity index (χ1n) is 11.0. The Bertz CT molecular complexity index is 1270. The van der Waals surface area contributed by atoms with Crippen molar-refractivity contribution in [3.05, 3.63) is 93.1 Å². The van der Waals surface area contributed by atoms with Crippen LogP contribution in [-0.2, 0) is 25.5 Å². The van der Waals surface area contributed by atoms with Crippen molar-refractivity contribution in [2.75, 3.05) is 6.61 Å². The molecule has 0 fully saturated rings. The number of carboxylic acids is 1. The Hall–Kier alpha value is -3.93. The summed E-state index contributed by atoms with van der Waals surface area (Å²) in [6.07, 6.45) is -0.864. The Morgan fingerprint density at radius 1 is 0.861 bits per heavy atom. The molecule has 9 nitrogen and oxygen atoms in total. The molecular weight excluding hydrogens is 577 g/mol. The summed E-state index contributed by atoms with van der Waals surface area (Å²) in [4.78, 5) is 47.7. The minimum atomic E-state index is -1.72. The second-order valence-electron chi connectivity index (χ2n) is 8.10. The highest BCUT2D eigenvalue weighted by Gasteiger charge is 2.29. The highest BCUT2D eigenvalue weighted by Crippen LogP contribution is 2.44. The zero-order chi connectivity index (χ0) is 25.7. The van der Waals surface area contributed by atoms with Crippen LogP contribution in [0.1, 0.15) is 22.6 Å². The van der Waals surface area contributed by atoms with Crippen LogP contribution in [0.2, 0.25) is 0 Å². The first kappa shape index (κ1) is 25.2. The smallest absolute Gasteiger partial charge is 0.426 e. The van der Waals surface area contributed by atoms with Gasteiger partial charge in [-0.3, -0.25) is 15.0 Å². The molecule has 184 valence electrons. The van der Waals surface area contributed by atoms with Gasteiger partial charge in [0.1, 0.15) is 12.6 Å². The Labute approximate surface area is 220 Å². The molecule has 0 heterocycles. The fraction of sp³-hybridized carbons (Fsp3) is 0.154. The van der Waals surface area contributed by atoms with E-state index in [2.05, 4.69) is 38.8 Å². The molecule has 3 aromatic carbocycles. The maximum absolute atomic E-state index is 12.7. The molecule has 1 unspecified atom stereocenters. The number of carbonyl (C=O) groups is 4. The molecule has 3 aromatic rings. The van der Waals surface area contributed by atoms with Gasteiger partial charge in [0.2, 0.25) is 0 Å². The Morgan fingerprint density at radius 3 is 2.03 bits per heavy atom. The number of rotatable bonds is 6. The molecule has 1 atom stereocenters. The first-order chi connectivity index (χ1) is 17.3. The van der Waals surface area contributed by atoms with Gasteiger partial charge >= 0.3 is 18.0 Å². The lowest BCUT2D eigenvalue weighted by molar-refractivity contribution is -0.151. The van der Waals surface area contributed by atoms with E-state index >= 15 is 0 Å². The van der Waals surface area contributed by atoms with E-state index in [9.17, 15) is 19.2 Å².